The van der Waals surface area contributed by atoms with E-state index in [-0.39, 0.29) is 18.4 Å². The summed E-state index contributed by atoms with van der Waals surface area (Å²) in [6.07, 6.45) is 4.36. The van der Waals surface area contributed by atoms with E-state index in [1.165, 1.54) is 24.0 Å². The lowest BCUT2D eigenvalue weighted by molar-refractivity contribution is -0.718. The first kappa shape index (κ1) is 23.3. The molecular formula is C20H26N3O6S+. The minimum absolute atomic E-state index is 0.0491. The summed E-state index contributed by atoms with van der Waals surface area (Å²) in [4.78, 5) is 38.8. The van der Waals surface area contributed by atoms with E-state index >= 15 is 0 Å². The van der Waals surface area contributed by atoms with Gasteiger partial charge < -0.3 is 19.1 Å². The SMILES string of the molecule is CON=C(C)[N+](OC(C)C)=C1C=C(C)C(OCc2scnc2C(=O)C(=O)OC)=CC1. The number of esters is 1. The Kier molecular flexibility index (Phi) is 8.28. The lowest BCUT2D eigenvalue weighted by Gasteiger charge is -2.17. The first-order valence-electron chi connectivity index (χ1n) is 9.25. The van der Waals surface area contributed by atoms with E-state index in [0.29, 0.717) is 22.9 Å². The predicted octanol–water partition coefficient (Wildman–Crippen LogP) is 3.02. The third-order valence-corrected chi connectivity index (χ3v) is 4.75. The van der Waals surface area contributed by atoms with Crippen molar-refractivity contribution in [2.75, 3.05) is 14.2 Å². The van der Waals surface area contributed by atoms with Crippen LogP contribution in [0.4, 0.5) is 0 Å². The van der Waals surface area contributed by atoms with Crippen LogP contribution >= 0.6 is 11.3 Å². The fraction of sp³-hybridized carbons (Fsp3) is 0.450. The zero-order chi connectivity index (χ0) is 22.3. The highest BCUT2D eigenvalue weighted by atomic mass is 32.1. The van der Waals surface area contributed by atoms with Crippen molar-refractivity contribution >= 4 is 34.6 Å². The second kappa shape index (κ2) is 10.7. The van der Waals surface area contributed by atoms with Crippen molar-refractivity contribution in [3.8, 4) is 0 Å². The molecule has 2 rings (SSSR count). The molecule has 1 aliphatic rings. The van der Waals surface area contributed by atoms with E-state index < -0.39 is 11.8 Å². The van der Waals surface area contributed by atoms with E-state index in [9.17, 15) is 9.59 Å². The summed E-state index contributed by atoms with van der Waals surface area (Å²) >= 11 is 1.24. The maximum absolute atomic E-state index is 12.0. The molecule has 0 saturated heterocycles. The molecule has 0 fully saturated rings. The van der Waals surface area contributed by atoms with Crippen LogP contribution in [0.1, 0.15) is 49.5 Å². The summed E-state index contributed by atoms with van der Waals surface area (Å²) in [6, 6.07) is 0. The summed E-state index contributed by atoms with van der Waals surface area (Å²) < 4.78 is 12.0. The Morgan fingerprint density at radius 2 is 2.07 bits per heavy atom. The number of hydrogen-bond donors (Lipinski definition) is 0. The fourth-order valence-corrected chi connectivity index (χ4v) is 3.34. The van der Waals surface area contributed by atoms with Gasteiger partial charge in [0.2, 0.25) is 0 Å². The quantitative estimate of drug-likeness (QED) is 0.117. The Morgan fingerprint density at radius 3 is 2.67 bits per heavy atom. The number of carbonyl (C=O) groups excluding carboxylic acids is 2. The third-order valence-electron chi connectivity index (χ3n) is 3.95. The molecule has 0 amide bonds. The van der Waals surface area contributed by atoms with Crippen LogP contribution in [-0.4, -0.2) is 53.3 Å². The molecular weight excluding hydrogens is 410 g/mol. The van der Waals surface area contributed by atoms with E-state index in [1.807, 2.05) is 32.9 Å². The monoisotopic (exact) mass is 436 g/mol. The van der Waals surface area contributed by atoms with Gasteiger partial charge in [0.15, 0.2) is 10.9 Å². The standard InChI is InChI=1S/C20H26N3O6S/c1-12(2)29-23(14(4)22-27-6)15-7-8-16(13(3)9-15)28-10-17-18(21-11-30-17)19(24)20(25)26-5/h8-9,11-12H,7,10H2,1-6H3/q+1. The van der Waals surface area contributed by atoms with Crippen LogP contribution in [0, 0.1) is 0 Å². The number of aromatic nitrogens is 1. The topological polar surface area (TPSA) is 99.3 Å². The van der Waals surface area contributed by atoms with Crippen LogP contribution in [0.5, 0.6) is 0 Å². The van der Waals surface area contributed by atoms with Gasteiger partial charge >= 0.3 is 11.8 Å². The number of hydroxylamine groups is 1. The number of ether oxygens (including phenoxy) is 2. The molecule has 0 aromatic carbocycles. The first-order chi connectivity index (χ1) is 14.3. The van der Waals surface area contributed by atoms with E-state index in [1.54, 1.807) is 11.7 Å². The zero-order valence-electron chi connectivity index (χ0n) is 17.9. The predicted molar refractivity (Wildman–Crippen MR) is 111 cm³/mol. The van der Waals surface area contributed by atoms with Gasteiger partial charge in [0, 0.05) is 13.3 Å². The van der Waals surface area contributed by atoms with Gasteiger partial charge in [0.25, 0.3) is 5.78 Å². The summed E-state index contributed by atoms with van der Waals surface area (Å²) in [7, 11) is 2.64. The van der Waals surface area contributed by atoms with Gasteiger partial charge in [-0.3, -0.25) is 4.79 Å². The molecule has 162 valence electrons. The minimum atomic E-state index is -0.951. The number of rotatable bonds is 8. The Morgan fingerprint density at radius 1 is 1.33 bits per heavy atom. The van der Waals surface area contributed by atoms with Crippen LogP contribution in [0.15, 0.2) is 34.2 Å². The van der Waals surface area contributed by atoms with Crippen LogP contribution in [0.2, 0.25) is 0 Å². The molecule has 0 N–H and O–H groups in total. The average Bonchev–Trinajstić information content (AvgIpc) is 3.18. The van der Waals surface area contributed by atoms with Crippen molar-refractivity contribution in [2.24, 2.45) is 5.16 Å². The Labute approximate surface area is 179 Å². The molecule has 0 saturated carbocycles. The lowest BCUT2D eigenvalue weighted by atomic mass is 10.0. The van der Waals surface area contributed by atoms with Crippen molar-refractivity contribution in [1.82, 2.24) is 4.98 Å². The number of amidine groups is 1. The largest absolute Gasteiger partial charge is 0.488 e. The van der Waals surface area contributed by atoms with Gasteiger partial charge in [-0.2, -0.15) is 0 Å². The van der Waals surface area contributed by atoms with Crippen LogP contribution in [0.3, 0.4) is 0 Å². The number of nitrogens with zero attached hydrogens (tertiary/aromatic N) is 3. The molecule has 0 aliphatic heterocycles. The maximum atomic E-state index is 12.0. The average molecular weight is 437 g/mol. The zero-order valence-corrected chi connectivity index (χ0v) is 18.7. The third kappa shape index (κ3) is 5.76. The normalized spacial score (nSPS) is 15.9. The highest BCUT2D eigenvalue weighted by Gasteiger charge is 2.25. The van der Waals surface area contributed by atoms with Crippen LogP contribution in [-0.2, 0) is 30.6 Å². The Hall–Kier alpha value is -3.01. The number of thiazole rings is 1. The molecule has 0 unspecified atom stereocenters. The van der Waals surface area contributed by atoms with Gasteiger partial charge in [-0.1, -0.05) is 0 Å². The molecule has 0 bridgehead atoms. The molecule has 1 aromatic rings. The molecule has 0 spiro atoms. The van der Waals surface area contributed by atoms with Gasteiger partial charge in [-0.25, -0.2) is 9.78 Å². The summed E-state index contributed by atoms with van der Waals surface area (Å²) in [6.45, 7) is 7.68. The summed E-state index contributed by atoms with van der Waals surface area (Å²) in [5, 5.41) is 3.96. The van der Waals surface area contributed by atoms with Gasteiger partial charge in [-0.05, 0) is 43.2 Å². The number of carbonyl (C=O) groups is 2. The van der Waals surface area contributed by atoms with E-state index in [0.717, 1.165) is 18.4 Å². The van der Waals surface area contributed by atoms with Gasteiger partial charge in [0.1, 0.15) is 31.3 Å². The second-order valence-electron chi connectivity index (χ2n) is 6.59. The number of hydrogen-bond acceptors (Lipinski definition) is 9. The highest BCUT2D eigenvalue weighted by Crippen LogP contribution is 2.23. The number of Topliss-reactive ketones (excluding diaryl/α,β-unsaturated/α-hetero) is 1. The van der Waals surface area contributed by atoms with Crippen molar-refractivity contribution in [3.05, 3.63) is 39.6 Å². The molecule has 0 atom stereocenters. The smallest absolute Gasteiger partial charge is 0.381 e. The number of oxime groups is 1. The molecule has 10 heteroatoms. The fourth-order valence-electron chi connectivity index (χ4n) is 2.68. The van der Waals surface area contributed by atoms with Crippen molar-refractivity contribution in [2.45, 2.75) is 46.8 Å². The molecule has 1 heterocycles. The highest BCUT2D eigenvalue weighted by molar-refractivity contribution is 7.10. The number of allylic oxidation sites excluding steroid dienone is 3. The number of methoxy groups -OCH3 is 1. The lowest BCUT2D eigenvalue weighted by Crippen LogP contribution is -2.29. The molecule has 9 nitrogen and oxygen atoms in total. The van der Waals surface area contributed by atoms with Crippen LogP contribution < -0.4 is 0 Å². The molecule has 1 aliphatic carbocycles. The maximum Gasteiger partial charge on any atom is 0.381 e. The van der Waals surface area contributed by atoms with Gasteiger partial charge in [0.05, 0.1) is 17.5 Å². The second-order valence-corrected chi connectivity index (χ2v) is 7.53. The molecule has 0 radical (unpaired) electrons. The Balaban J connectivity index is 2.17. The molecule has 30 heavy (non-hydrogen) atoms. The van der Waals surface area contributed by atoms with Crippen molar-refractivity contribution < 1.29 is 33.5 Å². The minimum Gasteiger partial charge on any atom is -0.488 e. The van der Waals surface area contributed by atoms with E-state index in [4.69, 9.17) is 14.4 Å². The number of ketones is 1. The van der Waals surface area contributed by atoms with Gasteiger partial charge in [-0.15, -0.1) is 11.3 Å². The van der Waals surface area contributed by atoms with Crippen molar-refractivity contribution in [3.63, 3.8) is 0 Å². The molecule has 1 aromatic heterocycles. The Bertz CT molecular complexity index is 927. The summed E-state index contributed by atoms with van der Waals surface area (Å²) in [5.41, 5.74) is 3.31. The first-order valence-corrected chi connectivity index (χ1v) is 10.1. The van der Waals surface area contributed by atoms with Crippen LogP contribution in [0.25, 0.3) is 0 Å². The summed E-state index contributed by atoms with van der Waals surface area (Å²) in [5.74, 6) is -0.493. The van der Waals surface area contributed by atoms with Crippen molar-refractivity contribution in [1.29, 1.82) is 0 Å². The van der Waals surface area contributed by atoms with E-state index in [2.05, 4.69) is 14.9 Å².